The molecule has 0 unspecified atom stereocenters. The topological polar surface area (TPSA) is 59.3 Å². The quantitative estimate of drug-likeness (QED) is 0.270. The van der Waals surface area contributed by atoms with E-state index in [0.717, 1.165) is 11.6 Å². The van der Waals surface area contributed by atoms with Gasteiger partial charge in [0.25, 0.3) is 0 Å². The van der Waals surface area contributed by atoms with Crippen molar-refractivity contribution in [1.82, 2.24) is 0 Å². The molecule has 0 atom stereocenters. The van der Waals surface area contributed by atoms with Crippen LogP contribution in [0.5, 0.6) is 11.5 Å². The number of esters is 1. The number of methoxy groups -OCH3 is 1. The molecule has 0 amide bonds. The number of hydrogen-bond donors (Lipinski definition) is 0. The van der Waals surface area contributed by atoms with Gasteiger partial charge in [0.05, 0.1) is 24.3 Å². The number of hydrogen-bond acceptors (Lipinski definition) is 4. The van der Waals surface area contributed by atoms with Gasteiger partial charge in [-0.05, 0) is 47.5 Å². The van der Waals surface area contributed by atoms with Crippen molar-refractivity contribution in [2.75, 3.05) is 7.11 Å². The molecule has 0 aliphatic rings. The van der Waals surface area contributed by atoms with Crippen molar-refractivity contribution in [3.8, 4) is 17.6 Å². The smallest absolute Gasteiger partial charge is 0.343 e. The van der Waals surface area contributed by atoms with Crippen molar-refractivity contribution in [2.45, 2.75) is 0 Å². The van der Waals surface area contributed by atoms with Gasteiger partial charge in [0.1, 0.15) is 5.82 Å². The van der Waals surface area contributed by atoms with Gasteiger partial charge in [-0.2, -0.15) is 5.26 Å². The van der Waals surface area contributed by atoms with E-state index >= 15 is 0 Å². The van der Waals surface area contributed by atoms with Gasteiger partial charge in [-0.1, -0.05) is 42.5 Å². The van der Waals surface area contributed by atoms with Crippen molar-refractivity contribution in [3.63, 3.8) is 0 Å². The van der Waals surface area contributed by atoms with Gasteiger partial charge in [0.2, 0.25) is 0 Å². The largest absolute Gasteiger partial charge is 0.493 e. The third kappa shape index (κ3) is 4.43. The first-order valence-corrected chi connectivity index (χ1v) is 8.43. The number of rotatable bonds is 5. The van der Waals surface area contributed by atoms with Gasteiger partial charge >= 0.3 is 5.97 Å². The Labute approximate surface area is 162 Å². The van der Waals surface area contributed by atoms with E-state index in [1.807, 2.05) is 30.3 Å². The average Bonchev–Trinajstić information content (AvgIpc) is 2.73. The molecule has 0 saturated heterocycles. The number of benzene rings is 3. The van der Waals surface area contributed by atoms with Crippen molar-refractivity contribution < 1.29 is 18.7 Å². The highest BCUT2D eigenvalue weighted by Gasteiger charge is 2.13. The Morgan fingerprint density at radius 2 is 1.71 bits per heavy atom. The minimum Gasteiger partial charge on any atom is -0.493 e. The van der Waals surface area contributed by atoms with Crippen LogP contribution in [-0.2, 0) is 0 Å². The summed E-state index contributed by atoms with van der Waals surface area (Å²) in [5.74, 6) is -0.689. The summed E-state index contributed by atoms with van der Waals surface area (Å²) in [5.41, 5.74) is 2.10. The van der Waals surface area contributed by atoms with Crippen LogP contribution in [0.15, 0.2) is 72.8 Å². The zero-order chi connectivity index (χ0) is 19.9. The first kappa shape index (κ1) is 18.9. The number of carbonyl (C=O) groups is 1. The van der Waals surface area contributed by atoms with Gasteiger partial charge in [-0.15, -0.1) is 0 Å². The Kier molecular flexibility index (Phi) is 5.83. The molecule has 0 aliphatic carbocycles. The van der Waals surface area contributed by atoms with Crippen molar-refractivity contribution in [3.05, 3.63) is 95.3 Å². The molecule has 0 saturated carbocycles. The number of nitrogens with zero attached hydrogens (tertiary/aromatic N) is 1. The maximum absolute atomic E-state index is 13.3. The van der Waals surface area contributed by atoms with E-state index in [1.165, 1.54) is 25.3 Å². The molecule has 0 bridgehead atoms. The standard InChI is InChI=1S/C23H16FNO3/c1-27-22-13-16(12-19(15-25)17-6-3-2-4-7-17)10-11-21(22)28-23(26)18-8-5-9-20(24)14-18/h2-14H,1H3/b19-12-. The fraction of sp³-hybridized carbons (Fsp3) is 0.0435. The van der Waals surface area contributed by atoms with Crippen LogP contribution in [0.25, 0.3) is 11.6 Å². The van der Waals surface area contributed by atoms with Gasteiger partial charge in [0, 0.05) is 0 Å². The summed E-state index contributed by atoms with van der Waals surface area (Å²) in [6.07, 6.45) is 1.72. The minimum atomic E-state index is -0.692. The van der Waals surface area contributed by atoms with Crippen LogP contribution in [0, 0.1) is 17.1 Å². The number of allylic oxidation sites excluding steroid dienone is 1. The lowest BCUT2D eigenvalue weighted by Gasteiger charge is -2.10. The van der Waals surface area contributed by atoms with Gasteiger partial charge < -0.3 is 9.47 Å². The molecule has 28 heavy (non-hydrogen) atoms. The SMILES string of the molecule is COc1cc(/C=C(/C#N)c2ccccc2)ccc1OC(=O)c1cccc(F)c1. The van der Waals surface area contributed by atoms with Gasteiger partial charge in [-0.3, -0.25) is 0 Å². The first-order valence-electron chi connectivity index (χ1n) is 8.43. The third-order valence-electron chi connectivity index (χ3n) is 3.97. The van der Waals surface area contributed by atoms with Crippen LogP contribution in [0.1, 0.15) is 21.5 Å². The molecule has 0 aromatic heterocycles. The van der Waals surface area contributed by atoms with E-state index in [1.54, 1.807) is 24.3 Å². The van der Waals surface area contributed by atoms with E-state index in [2.05, 4.69) is 6.07 Å². The van der Waals surface area contributed by atoms with Crippen molar-refractivity contribution in [1.29, 1.82) is 5.26 Å². The van der Waals surface area contributed by atoms with Crippen LogP contribution in [0.2, 0.25) is 0 Å². The molecule has 3 rings (SSSR count). The minimum absolute atomic E-state index is 0.0990. The number of halogens is 1. The molecule has 0 aliphatic heterocycles. The first-order chi connectivity index (χ1) is 13.6. The van der Waals surface area contributed by atoms with Crippen molar-refractivity contribution >= 4 is 17.6 Å². The molecule has 3 aromatic rings. The summed E-state index contributed by atoms with van der Waals surface area (Å²) in [4.78, 5) is 12.2. The summed E-state index contributed by atoms with van der Waals surface area (Å²) in [5, 5.41) is 9.44. The van der Waals surface area contributed by atoms with Gasteiger partial charge in [-0.25, -0.2) is 9.18 Å². The Morgan fingerprint density at radius 1 is 0.964 bits per heavy atom. The predicted octanol–water partition coefficient (Wildman–Crippen LogP) is 5.12. The van der Waals surface area contributed by atoms with E-state index in [4.69, 9.17) is 9.47 Å². The second-order valence-electron chi connectivity index (χ2n) is 5.85. The molecular formula is C23H16FNO3. The fourth-order valence-corrected chi connectivity index (χ4v) is 2.60. The third-order valence-corrected chi connectivity index (χ3v) is 3.97. The average molecular weight is 373 g/mol. The molecule has 3 aromatic carbocycles. The normalized spacial score (nSPS) is 10.8. The van der Waals surface area contributed by atoms with Crippen LogP contribution in [-0.4, -0.2) is 13.1 Å². The second kappa shape index (κ2) is 8.65. The molecular weight excluding hydrogens is 357 g/mol. The van der Waals surface area contributed by atoms with Crippen molar-refractivity contribution in [2.24, 2.45) is 0 Å². The maximum Gasteiger partial charge on any atom is 0.343 e. The molecule has 5 heteroatoms. The second-order valence-corrected chi connectivity index (χ2v) is 5.85. The molecule has 0 radical (unpaired) electrons. The fourth-order valence-electron chi connectivity index (χ4n) is 2.60. The van der Waals surface area contributed by atoms with E-state index in [-0.39, 0.29) is 11.3 Å². The molecule has 0 spiro atoms. The lowest BCUT2D eigenvalue weighted by atomic mass is 10.0. The summed E-state index contributed by atoms with van der Waals surface area (Å²) in [7, 11) is 1.45. The van der Waals surface area contributed by atoms with E-state index < -0.39 is 11.8 Å². The lowest BCUT2D eigenvalue weighted by Crippen LogP contribution is -2.09. The summed E-state index contributed by atoms with van der Waals surface area (Å²) in [6.45, 7) is 0. The predicted molar refractivity (Wildman–Crippen MR) is 104 cm³/mol. The Hall–Kier alpha value is -3.91. The molecule has 0 N–H and O–H groups in total. The summed E-state index contributed by atoms with van der Waals surface area (Å²) >= 11 is 0. The van der Waals surface area contributed by atoms with Crippen LogP contribution in [0.4, 0.5) is 4.39 Å². The highest BCUT2D eigenvalue weighted by Crippen LogP contribution is 2.30. The summed E-state index contributed by atoms with van der Waals surface area (Å²) in [6, 6.07) is 21.7. The van der Waals surface area contributed by atoms with E-state index in [0.29, 0.717) is 16.9 Å². The molecule has 0 heterocycles. The highest BCUT2D eigenvalue weighted by atomic mass is 19.1. The number of ether oxygens (including phenoxy) is 2. The molecule has 138 valence electrons. The Balaban J connectivity index is 1.87. The Morgan fingerprint density at radius 3 is 2.39 bits per heavy atom. The lowest BCUT2D eigenvalue weighted by molar-refractivity contribution is 0.0729. The van der Waals surface area contributed by atoms with Gasteiger partial charge in [0.15, 0.2) is 11.5 Å². The zero-order valence-electron chi connectivity index (χ0n) is 15.1. The van der Waals surface area contributed by atoms with Crippen LogP contribution < -0.4 is 9.47 Å². The maximum atomic E-state index is 13.3. The summed E-state index contributed by atoms with van der Waals surface area (Å²) < 4.78 is 23.9. The van der Waals surface area contributed by atoms with Crippen LogP contribution in [0.3, 0.4) is 0 Å². The Bertz CT molecular complexity index is 1070. The number of carbonyl (C=O) groups excluding carboxylic acids is 1. The molecule has 0 fully saturated rings. The van der Waals surface area contributed by atoms with E-state index in [9.17, 15) is 14.4 Å². The monoisotopic (exact) mass is 373 g/mol. The highest BCUT2D eigenvalue weighted by molar-refractivity contribution is 5.92. The number of nitriles is 1. The molecule has 4 nitrogen and oxygen atoms in total. The van der Waals surface area contributed by atoms with Crippen LogP contribution >= 0.6 is 0 Å². The zero-order valence-corrected chi connectivity index (χ0v) is 15.1.